The van der Waals surface area contributed by atoms with E-state index in [4.69, 9.17) is 5.73 Å². The summed E-state index contributed by atoms with van der Waals surface area (Å²) in [6, 6.07) is 6.90. The van der Waals surface area contributed by atoms with E-state index in [0.717, 1.165) is 5.56 Å². The number of nitrogens with two attached hydrogens (primary N) is 1. The minimum Gasteiger partial charge on any atom is -0.366 e. The van der Waals surface area contributed by atoms with Gasteiger partial charge < -0.3 is 5.73 Å². The lowest BCUT2D eigenvalue weighted by Crippen LogP contribution is -2.10. The summed E-state index contributed by atoms with van der Waals surface area (Å²) in [6.07, 6.45) is 0. The molecule has 1 aromatic rings. The van der Waals surface area contributed by atoms with Gasteiger partial charge in [-0.1, -0.05) is 17.9 Å². The van der Waals surface area contributed by atoms with Crippen molar-refractivity contribution in [1.82, 2.24) is 0 Å². The van der Waals surface area contributed by atoms with Crippen LogP contribution in [0.25, 0.3) is 0 Å². The van der Waals surface area contributed by atoms with E-state index in [9.17, 15) is 4.79 Å². The van der Waals surface area contributed by atoms with E-state index in [-0.39, 0.29) is 0 Å². The lowest BCUT2D eigenvalue weighted by molar-refractivity contribution is 0.100. The normalized spacial score (nSPS) is 8.69. The zero-order chi connectivity index (χ0) is 9.68. The Labute approximate surface area is 82.5 Å². The molecule has 66 valence electrons. The largest absolute Gasteiger partial charge is 0.366 e. The lowest BCUT2D eigenvalue weighted by atomic mass is 10.1. The summed E-state index contributed by atoms with van der Waals surface area (Å²) >= 11 is 3.95. The SMILES string of the molecule is NC(=O)c1cccc(C#CCS)c1. The predicted octanol–water partition coefficient (Wildman–Crippen LogP) is 1.07. The Bertz CT molecular complexity index is 376. The molecule has 2 N–H and O–H groups in total. The highest BCUT2D eigenvalue weighted by atomic mass is 32.1. The van der Waals surface area contributed by atoms with E-state index >= 15 is 0 Å². The van der Waals surface area contributed by atoms with Crippen molar-refractivity contribution in [2.45, 2.75) is 0 Å². The van der Waals surface area contributed by atoms with E-state index in [1.54, 1.807) is 18.2 Å². The van der Waals surface area contributed by atoms with Crippen LogP contribution in [0.2, 0.25) is 0 Å². The Morgan fingerprint density at radius 1 is 1.54 bits per heavy atom. The van der Waals surface area contributed by atoms with E-state index in [2.05, 4.69) is 24.5 Å². The molecule has 0 bridgehead atoms. The van der Waals surface area contributed by atoms with E-state index in [0.29, 0.717) is 11.3 Å². The standard InChI is InChI=1S/C10H9NOS/c11-10(12)9-5-1-3-8(7-9)4-2-6-13/h1,3,5,7,13H,6H2,(H2,11,12). The molecule has 1 aromatic carbocycles. The fourth-order valence-electron chi connectivity index (χ4n) is 0.892. The second-order valence-corrected chi connectivity index (χ2v) is 2.72. The van der Waals surface area contributed by atoms with Crippen LogP contribution < -0.4 is 5.73 Å². The number of hydrogen-bond donors (Lipinski definition) is 2. The molecule has 0 heterocycles. The second kappa shape index (κ2) is 4.58. The summed E-state index contributed by atoms with van der Waals surface area (Å²) in [6.45, 7) is 0. The number of benzene rings is 1. The fourth-order valence-corrected chi connectivity index (χ4v) is 0.971. The van der Waals surface area contributed by atoms with Gasteiger partial charge in [0.2, 0.25) is 5.91 Å². The Morgan fingerprint density at radius 3 is 2.92 bits per heavy atom. The van der Waals surface area contributed by atoms with Crippen molar-refractivity contribution >= 4 is 18.5 Å². The Kier molecular flexibility index (Phi) is 3.41. The smallest absolute Gasteiger partial charge is 0.248 e. The van der Waals surface area contributed by atoms with Gasteiger partial charge in [0.05, 0.1) is 5.75 Å². The van der Waals surface area contributed by atoms with Crippen molar-refractivity contribution in [3.63, 3.8) is 0 Å². The first kappa shape index (κ1) is 9.69. The van der Waals surface area contributed by atoms with Crippen molar-refractivity contribution in [3.05, 3.63) is 35.4 Å². The quantitative estimate of drug-likeness (QED) is 0.506. The van der Waals surface area contributed by atoms with E-state index in [1.165, 1.54) is 0 Å². The number of amides is 1. The van der Waals surface area contributed by atoms with Crippen LogP contribution in [0.4, 0.5) is 0 Å². The summed E-state index contributed by atoms with van der Waals surface area (Å²) in [5, 5.41) is 0. The average molecular weight is 191 g/mol. The van der Waals surface area contributed by atoms with Crippen LogP contribution in [0, 0.1) is 11.8 Å². The van der Waals surface area contributed by atoms with Crippen molar-refractivity contribution in [2.24, 2.45) is 5.73 Å². The van der Waals surface area contributed by atoms with Crippen LogP contribution in [0.1, 0.15) is 15.9 Å². The summed E-state index contributed by atoms with van der Waals surface area (Å²) in [4.78, 5) is 10.8. The van der Waals surface area contributed by atoms with Gasteiger partial charge in [-0.2, -0.15) is 12.6 Å². The lowest BCUT2D eigenvalue weighted by Gasteiger charge is -1.94. The molecule has 2 nitrogen and oxygen atoms in total. The van der Waals surface area contributed by atoms with Crippen LogP contribution in [0.5, 0.6) is 0 Å². The zero-order valence-corrected chi connectivity index (χ0v) is 7.84. The topological polar surface area (TPSA) is 43.1 Å². The summed E-state index contributed by atoms with van der Waals surface area (Å²) in [5.74, 6) is 5.71. The van der Waals surface area contributed by atoms with Gasteiger partial charge in [0.25, 0.3) is 0 Å². The van der Waals surface area contributed by atoms with Gasteiger partial charge in [-0.05, 0) is 18.2 Å². The summed E-state index contributed by atoms with van der Waals surface area (Å²) in [7, 11) is 0. The van der Waals surface area contributed by atoms with Gasteiger partial charge in [-0.25, -0.2) is 0 Å². The minimum atomic E-state index is -0.436. The molecule has 0 unspecified atom stereocenters. The molecular formula is C10H9NOS. The Balaban J connectivity index is 2.98. The molecule has 3 heteroatoms. The third-order valence-electron chi connectivity index (χ3n) is 1.46. The highest BCUT2D eigenvalue weighted by molar-refractivity contribution is 7.80. The zero-order valence-electron chi connectivity index (χ0n) is 6.95. The van der Waals surface area contributed by atoms with Gasteiger partial charge in [0.1, 0.15) is 0 Å². The minimum absolute atomic E-state index is 0.436. The molecule has 0 saturated carbocycles. The van der Waals surface area contributed by atoms with Crippen LogP contribution >= 0.6 is 12.6 Å². The fraction of sp³-hybridized carbons (Fsp3) is 0.100. The summed E-state index contributed by atoms with van der Waals surface area (Å²) in [5.41, 5.74) is 6.37. The molecule has 0 fully saturated rings. The van der Waals surface area contributed by atoms with Crippen molar-refractivity contribution in [1.29, 1.82) is 0 Å². The molecule has 0 aliphatic heterocycles. The van der Waals surface area contributed by atoms with Gasteiger partial charge in [-0.3, -0.25) is 4.79 Å². The molecule has 0 spiro atoms. The van der Waals surface area contributed by atoms with Gasteiger partial charge in [0, 0.05) is 11.1 Å². The molecule has 0 aliphatic carbocycles. The average Bonchev–Trinajstić information content (AvgIpc) is 2.15. The third kappa shape index (κ3) is 2.85. The molecular weight excluding hydrogens is 182 g/mol. The number of hydrogen-bond acceptors (Lipinski definition) is 2. The summed E-state index contributed by atoms with van der Waals surface area (Å²) < 4.78 is 0. The van der Waals surface area contributed by atoms with Crippen LogP contribution in [0.3, 0.4) is 0 Å². The van der Waals surface area contributed by atoms with Crippen LogP contribution in [0.15, 0.2) is 24.3 Å². The third-order valence-corrected chi connectivity index (χ3v) is 1.62. The van der Waals surface area contributed by atoms with Crippen LogP contribution in [-0.4, -0.2) is 11.7 Å². The number of carbonyl (C=O) groups is 1. The maximum absolute atomic E-state index is 10.8. The van der Waals surface area contributed by atoms with Gasteiger partial charge in [-0.15, -0.1) is 0 Å². The number of carbonyl (C=O) groups excluding carboxylic acids is 1. The number of rotatable bonds is 1. The molecule has 1 amide bonds. The predicted molar refractivity (Wildman–Crippen MR) is 55.7 cm³/mol. The van der Waals surface area contributed by atoms with Gasteiger partial charge >= 0.3 is 0 Å². The van der Waals surface area contributed by atoms with Crippen molar-refractivity contribution < 1.29 is 4.79 Å². The molecule has 0 aromatic heterocycles. The molecule has 0 aliphatic rings. The molecule has 13 heavy (non-hydrogen) atoms. The van der Waals surface area contributed by atoms with Gasteiger partial charge in [0.15, 0.2) is 0 Å². The Morgan fingerprint density at radius 2 is 2.31 bits per heavy atom. The molecule has 0 radical (unpaired) electrons. The number of thiol groups is 1. The van der Waals surface area contributed by atoms with E-state index in [1.807, 2.05) is 6.07 Å². The van der Waals surface area contributed by atoms with Crippen molar-refractivity contribution in [2.75, 3.05) is 5.75 Å². The molecule has 0 saturated heterocycles. The first-order valence-corrected chi connectivity index (χ1v) is 4.37. The molecule has 1 rings (SSSR count). The van der Waals surface area contributed by atoms with Crippen molar-refractivity contribution in [3.8, 4) is 11.8 Å². The first-order chi connectivity index (χ1) is 6.24. The highest BCUT2D eigenvalue weighted by Gasteiger charge is 1.98. The number of primary amides is 1. The van der Waals surface area contributed by atoms with E-state index < -0.39 is 5.91 Å². The first-order valence-electron chi connectivity index (χ1n) is 3.73. The highest BCUT2D eigenvalue weighted by Crippen LogP contribution is 2.02. The maximum Gasteiger partial charge on any atom is 0.248 e. The van der Waals surface area contributed by atoms with Crippen LogP contribution in [-0.2, 0) is 0 Å². The Hall–Kier alpha value is -1.40. The monoisotopic (exact) mass is 191 g/mol. The molecule has 0 atom stereocenters. The second-order valence-electron chi connectivity index (χ2n) is 2.40. The maximum atomic E-state index is 10.8.